The lowest BCUT2D eigenvalue weighted by molar-refractivity contribution is -0.137. The SMILES string of the molecule is CCN(/C=C(/C#N)C(=O)Nc1cccc(C(F)(F)F)c1)C1CCS(=O)(=O)C1. The Morgan fingerprint density at radius 2 is 2.15 bits per heavy atom. The first-order valence-corrected chi connectivity index (χ1v) is 9.94. The molecule has 1 atom stereocenters. The third-order valence-electron chi connectivity index (χ3n) is 4.15. The minimum atomic E-state index is -4.55. The van der Waals surface area contributed by atoms with E-state index in [0.717, 1.165) is 18.2 Å². The second kappa shape index (κ2) is 8.00. The Balaban J connectivity index is 2.18. The second-order valence-corrected chi connectivity index (χ2v) is 8.30. The first kappa shape index (κ1) is 20.8. The molecule has 1 aromatic rings. The number of hydrogen-bond donors (Lipinski definition) is 1. The number of amides is 1. The summed E-state index contributed by atoms with van der Waals surface area (Å²) in [6.07, 6.45) is -2.91. The zero-order valence-corrected chi connectivity index (χ0v) is 15.3. The monoisotopic (exact) mass is 401 g/mol. The van der Waals surface area contributed by atoms with E-state index in [1.165, 1.54) is 12.3 Å². The lowest BCUT2D eigenvalue weighted by Gasteiger charge is -2.25. The zero-order chi connectivity index (χ0) is 20.2. The molecule has 0 saturated carbocycles. The van der Waals surface area contributed by atoms with Gasteiger partial charge in [0.2, 0.25) is 0 Å². The van der Waals surface area contributed by atoms with Crippen molar-refractivity contribution in [1.82, 2.24) is 4.90 Å². The molecule has 1 saturated heterocycles. The summed E-state index contributed by atoms with van der Waals surface area (Å²) in [6, 6.07) is 5.44. The summed E-state index contributed by atoms with van der Waals surface area (Å²) in [5.41, 5.74) is -1.34. The third kappa shape index (κ3) is 5.47. The molecule has 0 aliphatic carbocycles. The average molecular weight is 401 g/mol. The van der Waals surface area contributed by atoms with Crippen molar-refractivity contribution < 1.29 is 26.4 Å². The Morgan fingerprint density at radius 3 is 2.67 bits per heavy atom. The van der Waals surface area contributed by atoms with Gasteiger partial charge in [-0.1, -0.05) is 6.07 Å². The topological polar surface area (TPSA) is 90.3 Å². The smallest absolute Gasteiger partial charge is 0.372 e. The van der Waals surface area contributed by atoms with E-state index >= 15 is 0 Å². The molecule has 1 N–H and O–H groups in total. The first-order chi connectivity index (χ1) is 12.6. The summed E-state index contributed by atoms with van der Waals surface area (Å²) in [5.74, 6) is -0.887. The fourth-order valence-electron chi connectivity index (χ4n) is 2.77. The normalized spacial score (nSPS) is 19.4. The Labute approximate surface area is 155 Å². The van der Waals surface area contributed by atoms with E-state index in [1.807, 2.05) is 0 Å². The number of carbonyl (C=O) groups excluding carboxylic acids is 1. The molecule has 1 fully saturated rings. The van der Waals surface area contributed by atoms with Crippen LogP contribution in [0.4, 0.5) is 18.9 Å². The van der Waals surface area contributed by atoms with Crippen LogP contribution in [0, 0.1) is 11.3 Å². The lowest BCUT2D eigenvalue weighted by atomic mass is 10.1. The number of carbonyl (C=O) groups is 1. The van der Waals surface area contributed by atoms with Gasteiger partial charge in [-0.25, -0.2) is 8.42 Å². The van der Waals surface area contributed by atoms with E-state index in [9.17, 15) is 31.6 Å². The molecule has 1 aromatic carbocycles. The highest BCUT2D eigenvalue weighted by molar-refractivity contribution is 7.91. The number of benzene rings is 1. The Bertz CT molecular complexity index is 889. The second-order valence-electron chi connectivity index (χ2n) is 6.07. The minimum Gasteiger partial charge on any atom is -0.372 e. The molecule has 1 unspecified atom stereocenters. The molecule has 1 heterocycles. The van der Waals surface area contributed by atoms with Crippen molar-refractivity contribution in [2.75, 3.05) is 23.4 Å². The molecule has 1 aliphatic rings. The van der Waals surface area contributed by atoms with E-state index in [-0.39, 0.29) is 28.8 Å². The maximum absolute atomic E-state index is 12.8. The molecule has 2 rings (SSSR count). The number of nitriles is 1. The van der Waals surface area contributed by atoms with Crippen LogP contribution < -0.4 is 5.32 Å². The van der Waals surface area contributed by atoms with Crippen molar-refractivity contribution in [3.8, 4) is 6.07 Å². The van der Waals surface area contributed by atoms with Crippen molar-refractivity contribution in [1.29, 1.82) is 5.26 Å². The van der Waals surface area contributed by atoms with E-state index in [1.54, 1.807) is 17.9 Å². The minimum absolute atomic E-state index is 0.0420. The van der Waals surface area contributed by atoms with Crippen LogP contribution in [0.15, 0.2) is 36.0 Å². The van der Waals surface area contributed by atoms with Crippen molar-refractivity contribution in [3.05, 3.63) is 41.6 Å². The van der Waals surface area contributed by atoms with Crippen LogP contribution in [0.1, 0.15) is 18.9 Å². The number of rotatable bonds is 5. The van der Waals surface area contributed by atoms with Crippen LogP contribution in [0.3, 0.4) is 0 Å². The Kier molecular flexibility index (Phi) is 6.15. The molecule has 1 amide bonds. The van der Waals surface area contributed by atoms with E-state index in [2.05, 4.69) is 5.32 Å². The molecule has 10 heteroatoms. The van der Waals surface area contributed by atoms with Gasteiger partial charge in [-0.2, -0.15) is 18.4 Å². The van der Waals surface area contributed by atoms with Crippen molar-refractivity contribution in [2.45, 2.75) is 25.6 Å². The van der Waals surface area contributed by atoms with Gasteiger partial charge in [0.25, 0.3) is 5.91 Å². The summed E-state index contributed by atoms with van der Waals surface area (Å²) in [4.78, 5) is 13.9. The fraction of sp³-hybridized carbons (Fsp3) is 0.412. The van der Waals surface area contributed by atoms with E-state index in [0.29, 0.717) is 13.0 Å². The number of sulfone groups is 1. The average Bonchev–Trinajstić information content (AvgIpc) is 2.95. The maximum atomic E-state index is 12.8. The summed E-state index contributed by atoms with van der Waals surface area (Å²) in [7, 11) is -3.14. The van der Waals surface area contributed by atoms with Crippen molar-refractivity contribution in [3.63, 3.8) is 0 Å². The summed E-state index contributed by atoms with van der Waals surface area (Å²) in [6.45, 7) is 2.13. The highest BCUT2D eigenvalue weighted by atomic mass is 32.2. The van der Waals surface area contributed by atoms with Gasteiger partial charge >= 0.3 is 6.18 Å². The Hall–Kier alpha value is -2.54. The fourth-order valence-corrected chi connectivity index (χ4v) is 4.51. The standard InChI is InChI=1S/C17H18F3N3O3S/c1-2-23(15-6-7-27(25,26)11-15)10-12(9-21)16(24)22-14-5-3-4-13(8-14)17(18,19)20/h3-5,8,10,15H,2,6-7,11H2,1H3,(H,22,24)/b12-10-. The quantitative estimate of drug-likeness (QED) is 0.605. The van der Waals surface area contributed by atoms with E-state index in [4.69, 9.17) is 0 Å². The summed E-state index contributed by atoms with van der Waals surface area (Å²) >= 11 is 0. The lowest BCUT2D eigenvalue weighted by Crippen LogP contribution is -2.32. The van der Waals surface area contributed by atoms with Crippen molar-refractivity contribution in [2.24, 2.45) is 0 Å². The molecule has 146 valence electrons. The summed E-state index contributed by atoms with van der Waals surface area (Å²) < 4.78 is 61.5. The highest BCUT2D eigenvalue weighted by Crippen LogP contribution is 2.30. The molecular formula is C17H18F3N3O3S. The Morgan fingerprint density at radius 1 is 1.44 bits per heavy atom. The largest absolute Gasteiger partial charge is 0.416 e. The number of anilines is 1. The summed E-state index contributed by atoms with van der Waals surface area (Å²) in [5, 5.41) is 11.5. The maximum Gasteiger partial charge on any atom is 0.416 e. The molecular weight excluding hydrogens is 383 g/mol. The zero-order valence-electron chi connectivity index (χ0n) is 14.5. The molecule has 0 spiro atoms. The van der Waals surface area contributed by atoms with Crippen LogP contribution in [-0.4, -0.2) is 43.3 Å². The van der Waals surface area contributed by atoms with E-state index < -0.39 is 27.5 Å². The molecule has 6 nitrogen and oxygen atoms in total. The van der Waals surface area contributed by atoms with Gasteiger partial charge in [-0.15, -0.1) is 0 Å². The van der Waals surface area contributed by atoms with Crippen LogP contribution in [-0.2, 0) is 20.8 Å². The molecule has 0 radical (unpaired) electrons. The van der Waals surface area contributed by atoms with Crippen LogP contribution in [0.2, 0.25) is 0 Å². The third-order valence-corrected chi connectivity index (χ3v) is 5.90. The van der Waals surface area contributed by atoms with Gasteiger partial charge in [0, 0.05) is 24.5 Å². The van der Waals surface area contributed by atoms with Gasteiger partial charge in [-0.05, 0) is 31.5 Å². The number of halogens is 3. The van der Waals surface area contributed by atoms with Crippen LogP contribution in [0.5, 0.6) is 0 Å². The first-order valence-electron chi connectivity index (χ1n) is 8.12. The van der Waals surface area contributed by atoms with Gasteiger partial charge in [-0.3, -0.25) is 4.79 Å². The number of hydrogen-bond acceptors (Lipinski definition) is 5. The molecule has 0 bridgehead atoms. The van der Waals surface area contributed by atoms with Gasteiger partial charge in [0.05, 0.1) is 17.1 Å². The molecule has 0 aromatic heterocycles. The molecule has 1 aliphatic heterocycles. The van der Waals surface area contributed by atoms with Crippen LogP contribution in [0.25, 0.3) is 0 Å². The van der Waals surface area contributed by atoms with Gasteiger partial charge in [0.15, 0.2) is 9.84 Å². The highest BCUT2D eigenvalue weighted by Gasteiger charge is 2.32. The number of nitrogens with zero attached hydrogens (tertiary/aromatic N) is 2. The molecule has 27 heavy (non-hydrogen) atoms. The number of alkyl halides is 3. The predicted molar refractivity (Wildman–Crippen MR) is 93.2 cm³/mol. The number of nitrogens with one attached hydrogen (secondary N) is 1. The predicted octanol–water partition coefficient (Wildman–Crippen LogP) is 2.56. The van der Waals surface area contributed by atoms with Gasteiger partial charge in [0.1, 0.15) is 11.6 Å². The van der Waals surface area contributed by atoms with Gasteiger partial charge < -0.3 is 10.2 Å². The van der Waals surface area contributed by atoms with Crippen molar-refractivity contribution >= 4 is 21.4 Å². The van der Waals surface area contributed by atoms with Crippen LogP contribution >= 0.6 is 0 Å².